The van der Waals surface area contributed by atoms with Crippen molar-refractivity contribution in [3.8, 4) is 0 Å². The van der Waals surface area contributed by atoms with Gasteiger partial charge in [-0.15, -0.1) is 5.10 Å². The minimum atomic E-state index is -4.20. The van der Waals surface area contributed by atoms with Crippen molar-refractivity contribution in [2.75, 3.05) is 4.72 Å². The fourth-order valence-corrected chi connectivity index (χ4v) is 3.12. The molecule has 24 heavy (non-hydrogen) atoms. The average Bonchev–Trinajstić information content (AvgIpc) is 2.92. The van der Waals surface area contributed by atoms with Gasteiger partial charge in [-0.2, -0.15) is 13.4 Å². The van der Waals surface area contributed by atoms with Gasteiger partial charge in [0.05, 0.1) is 4.92 Å². The summed E-state index contributed by atoms with van der Waals surface area (Å²) in [5.74, 6) is 0.135. The second kappa shape index (κ2) is 5.53. The van der Waals surface area contributed by atoms with Crippen LogP contribution in [0.25, 0.3) is 5.78 Å². The third kappa shape index (κ3) is 2.76. The SMILES string of the molecule is Cc1cc(C)n2nc(S(=O)(=O)Nc3ccccc3[N+](=O)[O-])nc2n1. The fourth-order valence-electron chi connectivity index (χ4n) is 2.17. The van der Waals surface area contributed by atoms with E-state index in [1.807, 2.05) is 0 Å². The van der Waals surface area contributed by atoms with Gasteiger partial charge in [0.2, 0.25) is 0 Å². The first-order chi connectivity index (χ1) is 11.3. The molecule has 0 bridgehead atoms. The zero-order valence-electron chi connectivity index (χ0n) is 12.7. The lowest BCUT2D eigenvalue weighted by molar-refractivity contribution is -0.383. The minimum absolute atomic E-state index is 0.135. The van der Waals surface area contributed by atoms with Crippen LogP contribution in [0, 0.1) is 24.0 Å². The molecule has 0 radical (unpaired) electrons. The van der Waals surface area contributed by atoms with E-state index in [2.05, 4.69) is 19.8 Å². The van der Waals surface area contributed by atoms with Crippen LogP contribution in [-0.2, 0) is 10.0 Å². The van der Waals surface area contributed by atoms with Crippen LogP contribution in [-0.4, -0.2) is 32.9 Å². The number of hydrogen-bond acceptors (Lipinski definition) is 7. The van der Waals surface area contributed by atoms with Gasteiger partial charge in [-0.25, -0.2) is 9.50 Å². The maximum Gasteiger partial charge on any atom is 0.299 e. The van der Waals surface area contributed by atoms with Gasteiger partial charge in [0.15, 0.2) is 0 Å². The fraction of sp³-hybridized carbons (Fsp3) is 0.154. The van der Waals surface area contributed by atoms with Gasteiger partial charge in [0, 0.05) is 17.5 Å². The third-order valence-corrected chi connectivity index (χ3v) is 4.33. The van der Waals surface area contributed by atoms with Crippen LogP contribution in [0.5, 0.6) is 0 Å². The molecule has 0 aliphatic carbocycles. The Morgan fingerprint density at radius 1 is 1.21 bits per heavy atom. The highest BCUT2D eigenvalue weighted by molar-refractivity contribution is 7.92. The van der Waals surface area contributed by atoms with Gasteiger partial charge < -0.3 is 0 Å². The van der Waals surface area contributed by atoms with Crippen molar-refractivity contribution in [2.45, 2.75) is 19.0 Å². The largest absolute Gasteiger partial charge is 0.299 e. The summed E-state index contributed by atoms with van der Waals surface area (Å²) in [6, 6.07) is 7.14. The van der Waals surface area contributed by atoms with E-state index in [-0.39, 0.29) is 17.2 Å². The quantitative estimate of drug-likeness (QED) is 0.557. The molecule has 0 unspecified atom stereocenters. The van der Waals surface area contributed by atoms with Crippen molar-refractivity contribution in [3.05, 3.63) is 51.8 Å². The average molecular weight is 348 g/mol. The van der Waals surface area contributed by atoms with Crippen LogP contribution in [0.1, 0.15) is 11.4 Å². The molecule has 11 heteroatoms. The van der Waals surface area contributed by atoms with Crippen molar-refractivity contribution in [3.63, 3.8) is 0 Å². The lowest BCUT2D eigenvalue weighted by atomic mass is 10.3. The molecular weight excluding hydrogens is 336 g/mol. The van der Waals surface area contributed by atoms with E-state index >= 15 is 0 Å². The molecule has 0 saturated carbocycles. The highest BCUT2D eigenvalue weighted by Crippen LogP contribution is 2.25. The molecule has 0 atom stereocenters. The van der Waals surface area contributed by atoms with Crippen LogP contribution in [0.3, 0.4) is 0 Å². The van der Waals surface area contributed by atoms with E-state index in [0.29, 0.717) is 11.4 Å². The van der Waals surface area contributed by atoms with Gasteiger partial charge >= 0.3 is 0 Å². The van der Waals surface area contributed by atoms with Gasteiger partial charge in [0.1, 0.15) is 5.69 Å². The normalized spacial score (nSPS) is 11.6. The Balaban J connectivity index is 2.06. The Bertz CT molecular complexity index is 1060. The first kappa shape index (κ1) is 15.8. The second-order valence-electron chi connectivity index (χ2n) is 5.02. The number of anilines is 1. The predicted molar refractivity (Wildman–Crippen MR) is 84.2 cm³/mol. The summed E-state index contributed by atoms with van der Waals surface area (Å²) < 4.78 is 28.3. The monoisotopic (exact) mass is 348 g/mol. The first-order valence-corrected chi connectivity index (χ1v) is 8.23. The summed E-state index contributed by atoms with van der Waals surface area (Å²) in [6.45, 7) is 3.49. The van der Waals surface area contributed by atoms with E-state index in [9.17, 15) is 18.5 Å². The van der Waals surface area contributed by atoms with Gasteiger partial charge in [-0.05, 0) is 26.0 Å². The number of nitro benzene ring substituents is 1. The lowest BCUT2D eigenvalue weighted by Gasteiger charge is -2.05. The van der Waals surface area contributed by atoms with Crippen LogP contribution >= 0.6 is 0 Å². The number of hydrogen-bond donors (Lipinski definition) is 1. The summed E-state index contributed by atoms with van der Waals surface area (Å²) in [6.07, 6.45) is 0. The lowest BCUT2D eigenvalue weighted by Crippen LogP contribution is -2.15. The number of benzene rings is 1. The number of rotatable bonds is 4. The number of fused-ring (bicyclic) bond motifs is 1. The van der Waals surface area contributed by atoms with Crippen molar-refractivity contribution in [1.29, 1.82) is 0 Å². The molecule has 0 aliphatic heterocycles. The number of aromatic nitrogens is 4. The Kier molecular flexibility index (Phi) is 3.64. The molecule has 3 rings (SSSR count). The van der Waals surface area contributed by atoms with Crippen molar-refractivity contribution in [2.24, 2.45) is 0 Å². The Labute approximate surface area is 136 Å². The molecule has 124 valence electrons. The summed E-state index contributed by atoms with van der Waals surface area (Å²) in [7, 11) is -4.20. The van der Waals surface area contributed by atoms with E-state index in [1.165, 1.54) is 28.8 Å². The number of nitro groups is 1. The highest BCUT2D eigenvalue weighted by atomic mass is 32.2. The van der Waals surface area contributed by atoms with Crippen LogP contribution in [0.2, 0.25) is 0 Å². The van der Waals surface area contributed by atoms with Crippen molar-refractivity contribution in [1.82, 2.24) is 19.6 Å². The molecule has 3 aromatic rings. The number of aryl methyl sites for hydroxylation is 2. The third-order valence-electron chi connectivity index (χ3n) is 3.18. The topological polar surface area (TPSA) is 132 Å². The smallest absolute Gasteiger partial charge is 0.270 e. The summed E-state index contributed by atoms with van der Waals surface area (Å²) in [4.78, 5) is 18.3. The first-order valence-electron chi connectivity index (χ1n) is 6.75. The van der Waals surface area contributed by atoms with Gasteiger partial charge in [-0.3, -0.25) is 14.8 Å². The summed E-state index contributed by atoms with van der Waals surface area (Å²) in [5.41, 5.74) is 0.803. The summed E-state index contributed by atoms with van der Waals surface area (Å²) >= 11 is 0. The molecule has 1 aromatic carbocycles. The zero-order chi connectivity index (χ0) is 17.5. The number of nitrogens with one attached hydrogen (secondary N) is 1. The van der Waals surface area contributed by atoms with Crippen LogP contribution < -0.4 is 4.72 Å². The van der Waals surface area contributed by atoms with Gasteiger partial charge in [-0.1, -0.05) is 12.1 Å². The standard InChI is InChI=1S/C13H12N6O4S/c1-8-7-9(2)18-12(14-8)15-13(16-18)24(22,23)17-10-5-3-4-6-11(10)19(20)21/h3-7,17H,1-2H3. The van der Waals surface area contributed by atoms with Crippen LogP contribution in [0.15, 0.2) is 35.5 Å². The minimum Gasteiger partial charge on any atom is -0.270 e. The van der Waals surface area contributed by atoms with Crippen molar-refractivity contribution >= 4 is 27.2 Å². The molecule has 1 N–H and O–H groups in total. The van der Waals surface area contributed by atoms with E-state index in [1.54, 1.807) is 19.9 Å². The second-order valence-corrected chi connectivity index (χ2v) is 6.60. The molecule has 0 spiro atoms. The predicted octanol–water partition coefficient (Wildman–Crippen LogP) is 1.45. The maximum absolute atomic E-state index is 12.4. The molecule has 2 heterocycles. The van der Waals surface area contributed by atoms with Crippen LogP contribution in [0.4, 0.5) is 11.4 Å². The van der Waals surface area contributed by atoms with E-state index < -0.39 is 20.1 Å². The molecule has 10 nitrogen and oxygen atoms in total. The Morgan fingerprint density at radius 2 is 1.92 bits per heavy atom. The maximum atomic E-state index is 12.4. The number of nitrogens with zero attached hydrogens (tertiary/aromatic N) is 5. The Morgan fingerprint density at radius 3 is 2.62 bits per heavy atom. The molecule has 0 fully saturated rings. The Hall–Kier alpha value is -3.08. The molecule has 2 aromatic heterocycles. The van der Waals surface area contributed by atoms with Crippen molar-refractivity contribution < 1.29 is 13.3 Å². The highest BCUT2D eigenvalue weighted by Gasteiger charge is 2.25. The molecule has 0 saturated heterocycles. The van der Waals surface area contributed by atoms with Gasteiger partial charge in [0.25, 0.3) is 26.6 Å². The molecular formula is C13H12N6O4S. The van der Waals surface area contributed by atoms with E-state index in [0.717, 1.165) is 0 Å². The van der Waals surface area contributed by atoms with E-state index in [4.69, 9.17) is 0 Å². The number of para-hydroxylation sites is 2. The molecule has 0 amide bonds. The summed E-state index contributed by atoms with van der Waals surface area (Å²) in [5, 5.41) is 14.4. The molecule has 0 aliphatic rings. The number of sulfonamides is 1. The zero-order valence-corrected chi connectivity index (χ0v) is 13.5.